The molecule has 2 aromatic rings. The minimum atomic E-state index is -1.08. The largest absolute Gasteiger partial charge is 0.496 e. The molecule has 132 valence electrons. The molecule has 2 aromatic carbocycles. The van der Waals surface area contributed by atoms with E-state index in [9.17, 15) is 9.90 Å². The number of rotatable bonds is 7. The fourth-order valence-electron chi connectivity index (χ4n) is 2.37. The maximum absolute atomic E-state index is 11.6. The van der Waals surface area contributed by atoms with Crippen molar-refractivity contribution < 1.29 is 24.2 Å². The zero-order chi connectivity index (χ0) is 18.4. The van der Waals surface area contributed by atoms with Gasteiger partial charge in [-0.05, 0) is 25.1 Å². The third-order valence-electron chi connectivity index (χ3n) is 3.43. The first-order chi connectivity index (χ1) is 12.0. The van der Waals surface area contributed by atoms with Crippen LogP contribution in [0.4, 0.5) is 0 Å². The first-order valence-electron chi connectivity index (χ1n) is 7.48. The van der Waals surface area contributed by atoms with E-state index in [0.29, 0.717) is 34.3 Å². The number of halogens is 1. The first kappa shape index (κ1) is 18.6. The van der Waals surface area contributed by atoms with Crippen LogP contribution < -0.4 is 9.47 Å². The minimum Gasteiger partial charge on any atom is -0.496 e. The van der Waals surface area contributed by atoms with Crippen molar-refractivity contribution in [3.05, 3.63) is 58.1 Å². The molecule has 0 saturated carbocycles. The molecule has 0 saturated heterocycles. The molecule has 0 radical (unpaired) electrons. The van der Waals surface area contributed by atoms with Crippen molar-refractivity contribution in [3.8, 4) is 11.5 Å². The third-order valence-corrected chi connectivity index (χ3v) is 3.73. The number of methoxy groups -OCH3 is 2. The molecule has 0 aliphatic heterocycles. The summed E-state index contributed by atoms with van der Waals surface area (Å²) < 4.78 is 10.8. The highest BCUT2D eigenvalue weighted by Gasteiger charge is 2.25. The van der Waals surface area contributed by atoms with Gasteiger partial charge >= 0.3 is 5.97 Å². The van der Waals surface area contributed by atoms with Crippen LogP contribution in [0.1, 0.15) is 28.4 Å². The molecule has 0 amide bonds. The van der Waals surface area contributed by atoms with E-state index in [2.05, 4.69) is 5.16 Å². The Labute approximate surface area is 150 Å². The first-order valence-corrected chi connectivity index (χ1v) is 7.86. The fraction of sp³-hybridized carbons (Fsp3) is 0.222. The van der Waals surface area contributed by atoms with Crippen LogP contribution in [-0.2, 0) is 4.84 Å². The monoisotopic (exact) mass is 363 g/mol. The summed E-state index contributed by atoms with van der Waals surface area (Å²) in [7, 11) is 2.96. The number of hydrogen-bond donors (Lipinski definition) is 1. The Morgan fingerprint density at radius 3 is 2.36 bits per heavy atom. The quantitative estimate of drug-likeness (QED) is 0.597. The Balaban J connectivity index is 2.82. The standard InChI is InChI=1S/C18H18ClNO5/c1-4-25-20-16(11-7-5-6-8-12(11)18(21)22)15-14(23-2)10-9-13(19)17(15)24-3/h5-10H,4H2,1-3H3,(H,21,22). The molecule has 0 spiro atoms. The summed E-state index contributed by atoms with van der Waals surface area (Å²) in [6.07, 6.45) is 0. The van der Waals surface area contributed by atoms with Gasteiger partial charge in [0, 0.05) is 5.56 Å². The smallest absolute Gasteiger partial charge is 0.336 e. The maximum atomic E-state index is 11.6. The number of nitrogens with zero attached hydrogens (tertiary/aromatic N) is 1. The summed E-state index contributed by atoms with van der Waals surface area (Å²) in [5.41, 5.74) is 1.11. The van der Waals surface area contributed by atoms with Gasteiger partial charge < -0.3 is 19.4 Å². The molecule has 2 rings (SSSR count). The minimum absolute atomic E-state index is 0.0741. The van der Waals surface area contributed by atoms with Gasteiger partial charge in [0.15, 0.2) is 5.75 Å². The van der Waals surface area contributed by atoms with Gasteiger partial charge in [-0.2, -0.15) is 0 Å². The topological polar surface area (TPSA) is 77.4 Å². The van der Waals surface area contributed by atoms with Crippen molar-refractivity contribution in [2.45, 2.75) is 6.92 Å². The van der Waals surface area contributed by atoms with E-state index < -0.39 is 5.97 Å². The number of carboxylic acid groups (broad SMARTS) is 1. The van der Waals surface area contributed by atoms with Crippen molar-refractivity contribution in [1.82, 2.24) is 0 Å². The number of hydrogen-bond acceptors (Lipinski definition) is 5. The lowest BCUT2D eigenvalue weighted by Gasteiger charge is -2.17. The summed E-state index contributed by atoms with van der Waals surface area (Å²) in [5, 5.41) is 14.0. The van der Waals surface area contributed by atoms with Crippen molar-refractivity contribution in [2.24, 2.45) is 5.16 Å². The molecular formula is C18H18ClNO5. The SMILES string of the molecule is CCON=C(c1ccccc1C(=O)O)c1c(OC)ccc(Cl)c1OC. The van der Waals surface area contributed by atoms with E-state index in [1.54, 1.807) is 37.3 Å². The summed E-state index contributed by atoms with van der Waals surface area (Å²) in [6.45, 7) is 2.08. The molecule has 7 heteroatoms. The van der Waals surface area contributed by atoms with Crippen LogP contribution in [0.2, 0.25) is 5.02 Å². The molecule has 0 fully saturated rings. The Bertz CT molecular complexity index is 804. The van der Waals surface area contributed by atoms with E-state index >= 15 is 0 Å². The molecule has 0 heterocycles. The Kier molecular flexibility index (Phi) is 6.25. The lowest BCUT2D eigenvalue weighted by atomic mass is 9.96. The Morgan fingerprint density at radius 1 is 1.12 bits per heavy atom. The van der Waals surface area contributed by atoms with Gasteiger partial charge in [0.2, 0.25) is 0 Å². The normalized spacial score (nSPS) is 11.1. The lowest BCUT2D eigenvalue weighted by molar-refractivity contribution is 0.0696. The van der Waals surface area contributed by atoms with Crippen LogP contribution >= 0.6 is 11.6 Å². The number of benzene rings is 2. The number of oxime groups is 1. The van der Waals surface area contributed by atoms with Crippen LogP contribution in [0.5, 0.6) is 11.5 Å². The highest BCUT2D eigenvalue weighted by molar-refractivity contribution is 6.33. The third kappa shape index (κ3) is 3.85. The van der Waals surface area contributed by atoms with Crippen LogP contribution in [0.3, 0.4) is 0 Å². The number of ether oxygens (including phenoxy) is 2. The molecule has 0 unspecified atom stereocenters. The van der Waals surface area contributed by atoms with Crippen LogP contribution in [-0.4, -0.2) is 37.6 Å². The predicted octanol–water partition coefficient (Wildman–Crippen LogP) is 3.84. The molecule has 6 nitrogen and oxygen atoms in total. The van der Waals surface area contributed by atoms with E-state index in [1.165, 1.54) is 20.3 Å². The summed E-state index contributed by atoms with van der Waals surface area (Å²) in [4.78, 5) is 16.8. The Morgan fingerprint density at radius 2 is 1.80 bits per heavy atom. The number of carbonyl (C=O) groups is 1. The van der Waals surface area contributed by atoms with E-state index in [4.69, 9.17) is 25.9 Å². The van der Waals surface area contributed by atoms with Crippen LogP contribution in [0, 0.1) is 0 Å². The molecule has 0 aliphatic carbocycles. The van der Waals surface area contributed by atoms with Gasteiger partial charge in [-0.3, -0.25) is 0 Å². The maximum Gasteiger partial charge on any atom is 0.336 e. The number of aromatic carboxylic acids is 1. The highest BCUT2D eigenvalue weighted by atomic mass is 35.5. The molecule has 25 heavy (non-hydrogen) atoms. The van der Waals surface area contributed by atoms with Crippen molar-refractivity contribution in [2.75, 3.05) is 20.8 Å². The van der Waals surface area contributed by atoms with Gasteiger partial charge in [0.05, 0.1) is 30.4 Å². The molecular weight excluding hydrogens is 346 g/mol. The summed E-state index contributed by atoms with van der Waals surface area (Å²) >= 11 is 6.23. The molecule has 0 aromatic heterocycles. The second kappa shape index (κ2) is 8.39. The molecule has 1 N–H and O–H groups in total. The average Bonchev–Trinajstić information content (AvgIpc) is 2.62. The Hall–Kier alpha value is -2.73. The van der Waals surface area contributed by atoms with E-state index in [1.807, 2.05) is 0 Å². The zero-order valence-electron chi connectivity index (χ0n) is 14.1. The van der Waals surface area contributed by atoms with Crippen LogP contribution in [0.15, 0.2) is 41.6 Å². The van der Waals surface area contributed by atoms with Crippen molar-refractivity contribution in [3.63, 3.8) is 0 Å². The van der Waals surface area contributed by atoms with Crippen molar-refractivity contribution in [1.29, 1.82) is 0 Å². The van der Waals surface area contributed by atoms with Gasteiger partial charge in [-0.1, -0.05) is 35.0 Å². The molecule has 0 aliphatic rings. The van der Waals surface area contributed by atoms with E-state index in [0.717, 1.165) is 0 Å². The molecule has 0 atom stereocenters. The average molecular weight is 364 g/mol. The summed E-state index contributed by atoms with van der Waals surface area (Å²) in [5.74, 6) is -0.334. The van der Waals surface area contributed by atoms with Gasteiger partial charge in [0.1, 0.15) is 18.1 Å². The fourth-order valence-corrected chi connectivity index (χ4v) is 2.60. The lowest BCUT2D eigenvalue weighted by Crippen LogP contribution is -2.14. The van der Waals surface area contributed by atoms with Gasteiger partial charge in [-0.25, -0.2) is 4.79 Å². The second-order valence-electron chi connectivity index (χ2n) is 4.87. The van der Waals surface area contributed by atoms with E-state index in [-0.39, 0.29) is 11.3 Å². The number of carboxylic acids is 1. The zero-order valence-corrected chi connectivity index (χ0v) is 14.8. The van der Waals surface area contributed by atoms with Crippen molar-refractivity contribution >= 4 is 23.3 Å². The predicted molar refractivity (Wildman–Crippen MR) is 95.2 cm³/mol. The van der Waals surface area contributed by atoms with Crippen LogP contribution in [0.25, 0.3) is 0 Å². The van der Waals surface area contributed by atoms with Gasteiger partial charge in [-0.15, -0.1) is 0 Å². The second-order valence-corrected chi connectivity index (χ2v) is 5.27. The highest BCUT2D eigenvalue weighted by Crippen LogP contribution is 2.37. The van der Waals surface area contributed by atoms with Gasteiger partial charge in [0.25, 0.3) is 0 Å². The summed E-state index contributed by atoms with van der Waals surface area (Å²) in [6, 6.07) is 9.77. The molecule has 0 bridgehead atoms.